The SMILES string of the molecule is F[SiH2]CC=C(c1cccc2ccccc12)c1cccc2ccccc12. The first-order valence-corrected chi connectivity index (χ1v) is 10.1. The van der Waals surface area contributed by atoms with E-state index >= 15 is 0 Å². The van der Waals surface area contributed by atoms with Crippen molar-refractivity contribution in [3.63, 3.8) is 0 Å². The van der Waals surface area contributed by atoms with E-state index in [0.29, 0.717) is 6.04 Å². The zero-order valence-electron chi connectivity index (χ0n) is 14.0. The Morgan fingerprint density at radius 2 is 1.16 bits per heavy atom. The van der Waals surface area contributed by atoms with E-state index in [0.717, 1.165) is 5.57 Å². The van der Waals surface area contributed by atoms with Crippen LogP contribution in [0.4, 0.5) is 4.11 Å². The van der Waals surface area contributed by atoms with Crippen molar-refractivity contribution >= 4 is 37.0 Å². The van der Waals surface area contributed by atoms with Crippen molar-refractivity contribution in [2.75, 3.05) is 0 Å². The number of hydrogen-bond donors (Lipinski definition) is 0. The molecule has 4 aromatic rings. The maximum absolute atomic E-state index is 13.1. The highest BCUT2D eigenvalue weighted by Crippen LogP contribution is 2.34. The highest BCUT2D eigenvalue weighted by molar-refractivity contribution is 6.27. The molecule has 0 spiro atoms. The van der Waals surface area contributed by atoms with Crippen LogP contribution in [-0.2, 0) is 0 Å². The van der Waals surface area contributed by atoms with Gasteiger partial charge in [-0.15, -0.1) is 0 Å². The Bertz CT molecular complexity index is 974. The molecule has 2 heteroatoms. The summed E-state index contributed by atoms with van der Waals surface area (Å²) < 4.78 is 13.1. The Labute approximate surface area is 149 Å². The van der Waals surface area contributed by atoms with Crippen molar-refractivity contribution in [1.29, 1.82) is 0 Å². The fourth-order valence-corrected chi connectivity index (χ4v) is 3.88. The van der Waals surface area contributed by atoms with E-state index in [1.165, 1.54) is 32.7 Å². The molecule has 0 aliphatic carbocycles. The van der Waals surface area contributed by atoms with E-state index in [9.17, 15) is 4.11 Å². The van der Waals surface area contributed by atoms with Gasteiger partial charge in [-0.25, -0.2) is 0 Å². The second-order valence-corrected chi connectivity index (χ2v) is 7.10. The van der Waals surface area contributed by atoms with Crippen LogP contribution in [0.15, 0.2) is 91.0 Å². The van der Waals surface area contributed by atoms with Crippen molar-refractivity contribution in [2.24, 2.45) is 0 Å². The van der Waals surface area contributed by atoms with Crippen LogP contribution < -0.4 is 0 Å². The molecule has 0 heterocycles. The minimum atomic E-state index is -1.52. The molecule has 0 aliphatic rings. The smallest absolute Gasteiger partial charge is 0.220 e. The second kappa shape index (κ2) is 7.04. The molecule has 25 heavy (non-hydrogen) atoms. The molecule has 0 aromatic heterocycles. The summed E-state index contributed by atoms with van der Waals surface area (Å²) in [4.78, 5) is 0. The normalized spacial score (nSPS) is 11.4. The number of benzene rings is 4. The Morgan fingerprint density at radius 3 is 1.68 bits per heavy atom. The summed E-state index contributed by atoms with van der Waals surface area (Å²) in [5.74, 6) is 0. The molecule has 4 aromatic carbocycles. The zero-order chi connectivity index (χ0) is 17.1. The summed E-state index contributed by atoms with van der Waals surface area (Å²) in [6.45, 7) is 0. The van der Waals surface area contributed by atoms with E-state index in [4.69, 9.17) is 0 Å². The molecule has 0 nitrogen and oxygen atoms in total. The van der Waals surface area contributed by atoms with E-state index in [2.05, 4.69) is 91.0 Å². The summed E-state index contributed by atoms with van der Waals surface area (Å²) in [5, 5.41) is 4.85. The van der Waals surface area contributed by atoms with Crippen molar-refractivity contribution in [3.05, 3.63) is 102 Å². The Kier molecular flexibility index (Phi) is 4.44. The van der Waals surface area contributed by atoms with Gasteiger partial charge < -0.3 is 4.11 Å². The predicted octanol–water partition coefficient (Wildman–Crippen LogP) is 5.90. The lowest BCUT2D eigenvalue weighted by atomic mass is 9.90. The van der Waals surface area contributed by atoms with Gasteiger partial charge in [0.25, 0.3) is 0 Å². The average molecular weight is 342 g/mol. The highest BCUT2D eigenvalue weighted by Gasteiger charge is 2.11. The fraction of sp³-hybridized carbons (Fsp3) is 0.0435. The monoisotopic (exact) mass is 342 g/mol. The summed E-state index contributed by atoms with van der Waals surface area (Å²) in [7, 11) is -1.52. The van der Waals surface area contributed by atoms with Crippen molar-refractivity contribution < 1.29 is 4.11 Å². The Hall–Kier alpha value is -2.71. The highest BCUT2D eigenvalue weighted by atomic mass is 28.3. The van der Waals surface area contributed by atoms with Gasteiger partial charge in [-0.05, 0) is 44.3 Å². The third kappa shape index (κ3) is 3.01. The Balaban J connectivity index is 2.01. The molecule has 0 saturated heterocycles. The molecular formula is C23H19FSi. The molecule has 0 saturated carbocycles. The van der Waals surface area contributed by atoms with E-state index in [-0.39, 0.29) is 0 Å². The molecule has 122 valence electrons. The number of rotatable bonds is 4. The molecule has 0 aliphatic heterocycles. The maximum atomic E-state index is 13.1. The van der Waals surface area contributed by atoms with Crippen LogP contribution in [0.1, 0.15) is 11.1 Å². The van der Waals surface area contributed by atoms with Crippen LogP contribution in [0.25, 0.3) is 27.1 Å². The number of hydrogen-bond acceptors (Lipinski definition) is 0. The summed E-state index contributed by atoms with van der Waals surface area (Å²) >= 11 is 0. The van der Waals surface area contributed by atoms with Crippen molar-refractivity contribution in [1.82, 2.24) is 0 Å². The van der Waals surface area contributed by atoms with Crippen LogP contribution in [0.5, 0.6) is 0 Å². The van der Waals surface area contributed by atoms with Gasteiger partial charge in [-0.2, -0.15) is 0 Å². The molecule has 0 fully saturated rings. The molecule has 0 amide bonds. The molecule has 0 N–H and O–H groups in total. The number of allylic oxidation sites excluding steroid dienone is 1. The quantitative estimate of drug-likeness (QED) is 0.320. The molecule has 0 unspecified atom stereocenters. The second-order valence-electron chi connectivity index (χ2n) is 6.15. The first kappa shape index (κ1) is 15.8. The van der Waals surface area contributed by atoms with Crippen LogP contribution in [0.3, 0.4) is 0 Å². The molecular weight excluding hydrogens is 323 g/mol. The average Bonchev–Trinajstić information content (AvgIpc) is 2.68. The van der Waals surface area contributed by atoms with Gasteiger partial charge in [-0.3, -0.25) is 0 Å². The standard InChI is InChI=1S/C23H19FSi/c24-25-16-15-23(21-13-5-9-17-7-1-3-11-19(17)21)22-14-6-10-18-8-2-4-12-20(18)22/h1-15H,16,25H2. The number of fused-ring (bicyclic) bond motifs is 2. The number of halogens is 1. The zero-order valence-corrected chi connectivity index (χ0v) is 15.4. The van der Waals surface area contributed by atoms with Gasteiger partial charge in [0, 0.05) is 0 Å². The van der Waals surface area contributed by atoms with Crippen molar-refractivity contribution in [3.8, 4) is 0 Å². The lowest BCUT2D eigenvalue weighted by Crippen LogP contribution is -1.92. The van der Waals surface area contributed by atoms with Crippen LogP contribution in [0.2, 0.25) is 6.04 Å². The molecule has 0 bridgehead atoms. The van der Waals surface area contributed by atoms with E-state index in [1.54, 1.807) is 0 Å². The summed E-state index contributed by atoms with van der Waals surface area (Å²) in [5.41, 5.74) is 3.49. The lowest BCUT2D eigenvalue weighted by molar-refractivity contribution is 0.869. The third-order valence-electron chi connectivity index (χ3n) is 4.62. The van der Waals surface area contributed by atoms with Gasteiger partial charge in [0.2, 0.25) is 9.85 Å². The summed E-state index contributed by atoms with van der Waals surface area (Å²) in [6.07, 6.45) is 2.09. The lowest BCUT2D eigenvalue weighted by Gasteiger charge is -2.14. The van der Waals surface area contributed by atoms with E-state index in [1.807, 2.05) is 0 Å². The van der Waals surface area contributed by atoms with Gasteiger partial charge in [0.05, 0.1) is 0 Å². The maximum Gasteiger partial charge on any atom is 0.220 e. The minimum Gasteiger partial charge on any atom is -0.322 e. The summed E-state index contributed by atoms with van der Waals surface area (Å²) in [6, 6.07) is 30.1. The first-order valence-electron chi connectivity index (χ1n) is 8.61. The van der Waals surface area contributed by atoms with Crippen molar-refractivity contribution in [2.45, 2.75) is 6.04 Å². The topological polar surface area (TPSA) is 0 Å². The van der Waals surface area contributed by atoms with Gasteiger partial charge >= 0.3 is 0 Å². The predicted molar refractivity (Wildman–Crippen MR) is 109 cm³/mol. The van der Waals surface area contributed by atoms with Crippen LogP contribution in [0, 0.1) is 0 Å². The van der Waals surface area contributed by atoms with E-state index < -0.39 is 9.85 Å². The van der Waals surface area contributed by atoms with Gasteiger partial charge in [0.1, 0.15) is 0 Å². The van der Waals surface area contributed by atoms with Gasteiger partial charge in [0.15, 0.2) is 0 Å². The fourth-order valence-electron chi connectivity index (χ4n) is 3.48. The third-order valence-corrected chi connectivity index (χ3v) is 5.12. The molecule has 0 radical (unpaired) electrons. The Morgan fingerprint density at radius 1 is 0.680 bits per heavy atom. The molecule has 0 atom stereocenters. The van der Waals surface area contributed by atoms with Crippen LogP contribution in [-0.4, -0.2) is 9.85 Å². The van der Waals surface area contributed by atoms with Gasteiger partial charge in [-0.1, -0.05) is 91.0 Å². The minimum absolute atomic E-state index is 0.557. The largest absolute Gasteiger partial charge is 0.322 e. The molecule has 4 rings (SSSR count). The van der Waals surface area contributed by atoms with Crippen LogP contribution >= 0.6 is 0 Å². The first-order chi connectivity index (χ1) is 12.4.